The number of ether oxygens (including phenoxy) is 4. The van der Waals surface area contributed by atoms with E-state index in [0.29, 0.717) is 49.0 Å². The number of sulfonamides is 1. The van der Waals surface area contributed by atoms with Gasteiger partial charge in [0.15, 0.2) is 0 Å². The van der Waals surface area contributed by atoms with Gasteiger partial charge in [0.25, 0.3) is 5.91 Å². The number of rotatable bonds is 6. The summed E-state index contributed by atoms with van der Waals surface area (Å²) in [5.41, 5.74) is 2.61. The zero-order valence-corrected chi connectivity index (χ0v) is 39.8. The minimum atomic E-state index is -3.99. The first-order valence-corrected chi connectivity index (χ1v) is 25.9. The van der Waals surface area contributed by atoms with Crippen molar-refractivity contribution in [2.24, 2.45) is 17.3 Å². The molecule has 13 nitrogen and oxygen atoms in total. The highest BCUT2D eigenvalue weighted by Crippen LogP contribution is 2.56. The van der Waals surface area contributed by atoms with Crippen molar-refractivity contribution in [3.05, 3.63) is 70.3 Å². The largest absolute Gasteiger partial charge is 0.490 e. The number of carbonyl (C=O) groups excluding carboxylic acids is 1. The molecule has 64 heavy (non-hydrogen) atoms. The van der Waals surface area contributed by atoms with Gasteiger partial charge in [-0.1, -0.05) is 43.7 Å². The first-order chi connectivity index (χ1) is 30.8. The Morgan fingerprint density at radius 2 is 1.81 bits per heavy atom. The Labute approximate surface area is 385 Å². The number of aryl methyl sites for hydroxylation is 1. The van der Waals surface area contributed by atoms with E-state index in [1.54, 1.807) is 13.0 Å². The van der Waals surface area contributed by atoms with Crippen LogP contribution in [0.25, 0.3) is 0 Å². The lowest BCUT2D eigenvalue weighted by Gasteiger charge is -2.58. The normalized spacial score (nSPS) is 38.0. The van der Waals surface area contributed by atoms with Crippen molar-refractivity contribution in [3.8, 4) is 5.75 Å². The summed E-state index contributed by atoms with van der Waals surface area (Å²) >= 11 is 6.57. The van der Waals surface area contributed by atoms with Crippen LogP contribution in [0.1, 0.15) is 74.4 Å². The summed E-state index contributed by atoms with van der Waals surface area (Å²) in [5, 5.41) is 3.72. The summed E-state index contributed by atoms with van der Waals surface area (Å²) in [6, 6.07) is 13.0. The minimum absolute atomic E-state index is 0.150. The van der Waals surface area contributed by atoms with Crippen molar-refractivity contribution in [2.75, 3.05) is 104 Å². The number of allylic oxidation sites excluding steroid dienone is 1. The predicted octanol–water partition coefficient (Wildman–Crippen LogP) is 4.72. The molecule has 2 aromatic rings. The third-order valence-electron chi connectivity index (χ3n) is 17.1. The molecule has 2 aliphatic carbocycles. The summed E-state index contributed by atoms with van der Waals surface area (Å²) < 4.78 is 55.5. The fraction of sp³-hybridized carbons (Fsp3) is 0.694. The van der Waals surface area contributed by atoms with E-state index < -0.39 is 26.8 Å². The van der Waals surface area contributed by atoms with E-state index in [-0.39, 0.29) is 28.8 Å². The molecule has 6 heterocycles. The maximum atomic E-state index is 13.8. The van der Waals surface area contributed by atoms with Crippen molar-refractivity contribution in [1.29, 1.82) is 0 Å². The number of methoxy groups -OCH3 is 1. The van der Waals surface area contributed by atoms with E-state index in [4.69, 9.17) is 30.5 Å². The zero-order chi connectivity index (χ0) is 44.4. The molecular formula is C49H69ClN6O7S. The average Bonchev–Trinajstić information content (AvgIpc) is 3.38. The Morgan fingerprint density at radius 1 is 0.984 bits per heavy atom. The van der Waals surface area contributed by atoms with Gasteiger partial charge in [0.2, 0.25) is 10.0 Å². The lowest BCUT2D eigenvalue weighted by Crippen LogP contribution is -2.71. The molecule has 9 atom stereocenters. The molecular weight excluding hydrogens is 852 g/mol. The molecule has 2 N–H and O–H groups in total. The number of hydrogen-bond acceptors (Lipinski definition) is 12. The zero-order valence-electron chi connectivity index (χ0n) is 38.2. The molecule has 1 spiro atoms. The Balaban J connectivity index is 0.938. The molecule has 1 saturated carbocycles. The molecule has 6 aliphatic heterocycles. The molecule has 1 amide bonds. The Bertz CT molecular complexity index is 2200. The van der Waals surface area contributed by atoms with Crippen LogP contribution in [-0.4, -0.2) is 163 Å². The Hall–Kier alpha value is -2.79. The van der Waals surface area contributed by atoms with E-state index >= 15 is 0 Å². The summed E-state index contributed by atoms with van der Waals surface area (Å²) in [6.45, 7) is 18.1. The molecule has 5 fully saturated rings. The number of nitrogens with one attached hydrogen (secondary N) is 2. The lowest BCUT2D eigenvalue weighted by atomic mass is 9.54. The van der Waals surface area contributed by atoms with Gasteiger partial charge in [-0.25, -0.2) is 13.1 Å². The molecule has 4 saturated heterocycles. The summed E-state index contributed by atoms with van der Waals surface area (Å²) in [7, 11) is -2.12. The van der Waals surface area contributed by atoms with Crippen LogP contribution in [-0.2, 0) is 36.1 Å². The van der Waals surface area contributed by atoms with Crippen molar-refractivity contribution < 1.29 is 32.2 Å². The molecule has 8 aliphatic rings. The monoisotopic (exact) mass is 920 g/mol. The van der Waals surface area contributed by atoms with Gasteiger partial charge in [0, 0.05) is 94.6 Å². The second-order valence-electron chi connectivity index (χ2n) is 20.9. The first kappa shape index (κ1) is 45.0. The van der Waals surface area contributed by atoms with E-state index in [1.807, 2.05) is 32.2 Å². The molecule has 2 aromatic carbocycles. The summed E-state index contributed by atoms with van der Waals surface area (Å²) in [5.74, 6) is 0.0249. The van der Waals surface area contributed by atoms with Gasteiger partial charge in [-0.05, 0) is 104 Å². The maximum absolute atomic E-state index is 13.8. The van der Waals surface area contributed by atoms with Crippen molar-refractivity contribution in [2.45, 2.75) is 99.8 Å². The van der Waals surface area contributed by atoms with Gasteiger partial charge < -0.3 is 29.2 Å². The topological polar surface area (TPSA) is 125 Å². The highest BCUT2D eigenvalue weighted by Gasteiger charge is 2.56. The van der Waals surface area contributed by atoms with E-state index in [0.717, 1.165) is 122 Å². The molecule has 0 aromatic heterocycles. The van der Waals surface area contributed by atoms with Crippen LogP contribution in [0.2, 0.25) is 5.02 Å². The number of nitrogens with zero attached hydrogens (tertiary/aromatic N) is 4. The van der Waals surface area contributed by atoms with Crippen LogP contribution < -0.4 is 19.7 Å². The van der Waals surface area contributed by atoms with Crippen LogP contribution >= 0.6 is 11.6 Å². The van der Waals surface area contributed by atoms with Gasteiger partial charge in [0.1, 0.15) is 11.4 Å². The number of carbonyl (C=O) groups is 1. The summed E-state index contributed by atoms with van der Waals surface area (Å²) in [6.07, 6.45) is 10.2. The molecule has 4 unspecified atom stereocenters. The highest BCUT2D eigenvalue weighted by molar-refractivity contribution is 7.90. The predicted molar refractivity (Wildman–Crippen MR) is 249 cm³/mol. The number of hydrogen-bond donors (Lipinski definition) is 2. The maximum Gasteiger partial charge on any atom is 0.264 e. The van der Waals surface area contributed by atoms with Gasteiger partial charge in [-0.2, -0.15) is 0 Å². The fourth-order valence-corrected chi connectivity index (χ4v) is 14.1. The quantitative estimate of drug-likeness (QED) is 0.390. The Kier molecular flexibility index (Phi) is 12.4. The molecule has 15 heteroatoms. The minimum Gasteiger partial charge on any atom is -0.490 e. The van der Waals surface area contributed by atoms with Gasteiger partial charge in [-0.3, -0.25) is 19.5 Å². The molecule has 0 radical (unpaired) electrons. The van der Waals surface area contributed by atoms with Crippen LogP contribution in [0, 0.1) is 17.3 Å². The highest BCUT2D eigenvalue weighted by atomic mass is 35.5. The van der Waals surface area contributed by atoms with Gasteiger partial charge in [0.05, 0.1) is 55.6 Å². The summed E-state index contributed by atoms with van der Waals surface area (Å²) in [4.78, 5) is 24.1. The number of amides is 1. The van der Waals surface area contributed by atoms with Gasteiger partial charge in [-0.15, -0.1) is 0 Å². The van der Waals surface area contributed by atoms with Crippen molar-refractivity contribution >= 4 is 33.2 Å². The number of piperazine rings is 2. The average molecular weight is 922 g/mol. The van der Waals surface area contributed by atoms with E-state index in [9.17, 15) is 13.2 Å². The van der Waals surface area contributed by atoms with Crippen LogP contribution in [0.4, 0.5) is 5.69 Å². The SMILES string of the molecule is CO[C@]1(CN2CCN(C3COC3C3CN(C4COC4)CCN3)CC2)/C=C/C[C@H](C)[C@@H](C)S(=O)(=O)NC(=O)c2ccc3c(c2)N(CC2(C)CC[C@H]21)C[C@@]1(CCCc2cc(Cl)ccc21)CO3. The van der Waals surface area contributed by atoms with Gasteiger partial charge >= 0.3 is 0 Å². The van der Waals surface area contributed by atoms with E-state index in [1.165, 1.54) is 11.1 Å². The number of halogens is 1. The molecule has 10 rings (SSSR count). The number of fused-ring (bicyclic) bond motifs is 4. The first-order valence-electron chi connectivity index (χ1n) is 24.0. The number of anilines is 1. The third-order valence-corrected chi connectivity index (χ3v) is 19.2. The van der Waals surface area contributed by atoms with Crippen molar-refractivity contribution in [1.82, 2.24) is 24.7 Å². The fourth-order valence-electron chi connectivity index (χ4n) is 12.7. The number of benzene rings is 2. The molecule has 350 valence electrons. The van der Waals surface area contributed by atoms with Crippen LogP contribution in [0.5, 0.6) is 5.75 Å². The second kappa shape index (κ2) is 17.7. The van der Waals surface area contributed by atoms with Crippen molar-refractivity contribution in [3.63, 3.8) is 0 Å². The van der Waals surface area contributed by atoms with Crippen LogP contribution in [0.3, 0.4) is 0 Å². The smallest absolute Gasteiger partial charge is 0.264 e. The molecule has 2 bridgehead atoms. The van der Waals surface area contributed by atoms with E-state index in [2.05, 4.69) is 60.8 Å². The third kappa shape index (κ3) is 8.33. The Morgan fingerprint density at radius 3 is 2.53 bits per heavy atom. The lowest BCUT2D eigenvalue weighted by molar-refractivity contribution is -0.169. The second-order valence-corrected chi connectivity index (χ2v) is 23.4. The standard InChI is InChI=1S/C49H69ClN6O7S/c1-33-7-5-15-49(60-4,31-53-19-21-54(22-20-53)42-28-62-45(42)40-25-55(18-17-51-40)38-26-61-27-38)44-13-16-47(44,3)29-56-30-48(14-6-8-35-23-37(50)10-11-39(35)48)32-63-43-12-9-36(24-41(43)56)46(57)52-64(58,59)34(33)2/h5,9-12,15,23-24,33-34,38,40,42,44-45,51H,6-8,13-14,16-22,25-32H2,1-4H3,(H,52,57)/b15-5+/t33-,34+,40?,42?,44+,45?,47?,48-,49-/m0/s1. The van der Waals surface area contributed by atoms with Crippen LogP contribution in [0.15, 0.2) is 48.6 Å².